The minimum absolute atomic E-state index is 0.215. The van der Waals surface area contributed by atoms with E-state index < -0.39 is 17.2 Å². The lowest BCUT2D eigenvalue weighted by Gasteiger charge is -2.12. The fraction of sp³-hybridized carbons (Fsp3) is 0.182. The number of halogens is 1. The average Bonchev–Trinajstić information content (AvgIpc) is 3.17. The SMILES string of the molecule is CCn1c(=O)c2c(ncn2Cc2ccc(C(=O)OC)cc2)n(-c2cccc(Cl)c2)c1=O. The number of carbonyl (C=O) groups excluding carboxylic acids is 1. The van der Waals surface area contributed by atoms with Crippen molar-refractivity contribution in [1.82, 2.24) is 18.7 Å². The van der Waals surface area contributed by atoms with Crippen LogP contribution in [0, 0.1) is 0 Å². The Bertz CT molecular complexity index is 1400. The molecule has 0 saturated carbocycles. The lowest BCUT2D eigenvalue weighted by atomic mass is 10.1. The summed E-state index contributed by atoms with van der Waals surface area (Å²) in [6.07, 6.45) is 1.53. The molecule has 9 heteroatoms. The van der Waals surface area contributed by atoms with Crippen LogP contribution in [0.2, 0.25) is 5.02 Å². The second kappa shape index (κ2) is 8.23. The molecule has 0 bridgehead atoms. The molecule has 8 nitrogen and oxygen atoms in total. The van der Waals surface area contributed by atoms with Crippen LogP contribution in [0.1, 0.15) is 22.8 Å². The van der Waals surface area contributed by atoms with Crippen LogP contribution in [-0.2, 0) is 17.8 Å². The fourth-order valence-corrected chi connectivity index (χ4v) is 3.67. The number of hydrogen-bond acceptors (Lipinski definition) is 5. The summed E-state index contributed by atoms with van der Waals surface area (Å²) in [7, 11) is 1.33. The number of carbonyl (C=O) groups is 1. The second-order valence-electron chi connectivity index (χ2n) is 6.88. The molecule has 0 spiro atoms. The van der Waals surface area contributed by atoms with Crippen molar-refractivity contribution in [3.8, 4) is 5.69 Å². The van der Waals surface area contributed by atoms with Gasteiger partial charge < -0.3 is 9.30 Å². The normalized spacial score (nSPS) is 11.1. The van der Waals surface area contributed by atoms with Crippen molar-refractivity contribution in [1.29, 1.82) is 0 Å². The first-order chi connectivity index (χ1) is 14.9. The molecule has 4 rings (SSSR count). The molecule has 0 aliphatic rings. The third-order valence-corrected chi connectivity index (χ3v) is 5.25. The monoisotopic (exact) mass is 438 g/mol. The molecule has 158 valence electrons. The first-order valence-corrected chi connectivity index (χ1v) is 9.96. The second-order valence-corrected chi connectivity index (χ2v) is 7.32. The van der Waals surface area contributed by atoms with Crippen LogP contribution in [0.4, 0.5) is 0 Å². The fourth-order valence-electron chi connectivity index (χ4n) is 3.49. The molecule has 0 amide bonds. The Balaban J connectivity index is 1.87. The van der Waals surface area contributed by atoms with Crippen molar-refractivity contribution >= 4 is 28.7 Å². The number of hydrogen-bond donors (Lipinski definition) is 0. The van der Waals surface area contributed by atoms with E-state index in [1.165, 1.54) is 22.6 Å². The Labute approximate surface area is 181 Å². The summed E-state index contributed by atoms with van der Waals surface area (Å²) in [5, 5.41) is 0.469. The number of aromatic nitrogens is 4. The highest BCUT2D eigenvalue weighted by atomic mass is 35.5. The van der Waals surface area contributed by atoms with Crippen LogP contribution in [-0.4, -0.2) is 31.8 Å². The van der Waals surface area contributed by atoms with Crippen LogP contribution in [0.15, 0.2) is 64.4 Å². The van der Waals surface area contributed by atoms with E-state index in [1.807, 2.05) is 0 Å². The number of fused-ring (bicyclic) bond motifs is 1. The Kier molecular flexibility index (Phi) is 5.48. The minimum atomic E-state index is -0.477. The van der Waals surface area contributed by atoms with Gasteiger partial charge in [-0.25, -0.2) is 19.1 Å². The number of esters is 1. The van der Waals surface area contributed by atoms with Gasteiger partial charge in [-0.05, 0) is 42.8 Å². The van der Waals surface area contributed by atoms with Gasteiger partial charge in [0.15, 0.2) is 11.2 Å². The molecule has 0 radical (unpaired) electrons. The molecular weight excluding hydrogens is 420 g/mol. The summed E-state index contributed by atoms with van der Waals surface area (Å²) in [4.78, 5) is 42.1. The summed E-state index contributed by atoms with van der Waals surface area (Å²) in [6, 6.07) is 13.7. The number of rotatable bonds is 5. The van der Waals surface area contributed by atoms with Gasteiger partial charge in [-0.2, -0.15) is 0 Å². The zero-order valence-corrected chi connectivity index (χ0v) is 17.7. The molecule has 0 aliphatic carbocycles. The van der Waals surface area contributed by atoms with Gasteiger partial charge in [0.1, 0.15) is 0 Å². The van der Waals surface area contributed by atoms with E-state index in [4.69, 9.17) is 16.3 Å². The van der Waals surface area contributed by atoms with Gasteiger partial charge in [0.05, 0.1) is 24.7 Å². The van der Waals surface area contributed by atoms with Crippen LogP contribution in [0.3, 0.4) is 0 Å². The topological polar surface area (TPSA) is 88.1 Å². The van der Waals surface area contributed by atoms with Gasteiger partial charge in [0.2, 0.25) is 0 Å². The van der Waals surface area contributed by atoms with Gasteiger partial charge in [0, 0.05) is 18.1 Å². The first-order valence-electron chi connectivity index (χ1n) is 9.58. The maximum atomic E-state index is 13.1. The van der Waals surface area contributed by atoms with Gasteiger partial charge in [-0.1, -0.05) is 29.8 Å². The largest absolute Gasteiger partial charge is 0.465 e. The molecule has 0 saturated heterocycles. The van der Waals surface area contributed by atoms with E-state index in [-0.39, 0.29) is 12.2 Å². The first kappa shape index (κ1) is 20.6. The van der Waals surface area contributed by atoms with Gasteiger partial charge in [-0.3, -0.25) is 9.36 Å². The van der Waals surface area contributed by atoms with Gasteiger partial charge in [-0.15, -0.1) is 0 Å². The van der Waals surface area contributed by atoms with Crippen molar-refractivity contribution in [2.24, 2.45) is 0 Å². The average molecular weight is 439 g/mol. The minimum Gasteiger partial charge on any atom is -0.465 e. The Morgan fingerprint density at radius 2 is 1.87 bits per heavy atom. The number of imidazole rings is 1. The highest BCUT2D eigenvalue weighted by Crippen LogP contribution is 2.18. The van der Waals surface area contributed by atoms with E-state index in [0.29, 0.717) is 28.3 Å². The van der Waals surface area contributed by atoms with E-state index in [0.717, 1.165) is 5.56 Å². The Morgan fingerprint density at radius 3 is 2.52 bits per heavy atom. The molecule has 0 fully saturated rings. The zero-order valence-electron chi connectivity index (χ0n) is 16.9. The summed E-state index contributed by atoms with van der Waals surface area (Å²) in [5.74, 6) is -0.420. The number of ether oxygens (including phenoxy) is 1. The molecule has 2 heterocycles. The van der Waals surface area contributed by atoms with Crippen molar-refractivity contribution in [3.05, 3.63) is 91.8 Å². The smallest absolute Gasteiger partial charge is 0.337 e. The van der Waals surface area contributed by atoms with E-state index in [1.54, 1.807) is 60.0 Å². The third kappa shape index (κ3) is 3.66. The third-order valence-electron chi connectivity index (χ3n) is 5.01. The predicted octanol–water partition coefficient (Wildman–Crippen LogP) is 2.86. The van der Waals surface area contributed by atoms with Crippen LogP contribution >= 0.6 is 11.6 Å². The number of benzene rings is 2. The molecule has 2 aromatic carbocycles. The standard InChI is InChI=1S/C22H19ClN4O4/c1-3-26-20(28)18-19(27(22(26)30)17-6-4-5-16(23)11-17)24-13-25(18)12-14-7-9-15(10-8-14)21(29)31-2/h4-11,13H,3,12H2,1-2H3. The van der Waals surface area contributed by atoms with Crippen molar-refractivity contribution in [3.63, 3.8) is 0 Å². The summed E-state index contributed by atoms with van der Waals surface area (Å²) < 4.78 is 8.97. The molecule has 2 aromatic heterocycles. The van der Waals surface area contributed by atoms with Crippen LogP contribution in [0.5, 0.6) is 0 Å². The molecule has 4 aromatic rings. The lowest BCUT2D eigenvalue weighted by Crippen LogP contribution is -2.39. The highest BCUT2D eigenvalue weighted by Gasteiger charge is 2.19. The highest BCUT2D eigenvalue weighted by molar-refractivity contribution is 6.30. The predicted molar refractivity (Wildman–Crippen MR) is 117 cm³/mol. The van der Waals surface area contributed by atoms with E-state index in [2.05, 4.69) is 4.98 Å². The maximum Gasteiger partial charge on any atom is 0.337 e. The van der Waals surface area contributed by atoms with Crippen molar-refractivity contribution in [2.75, 3.05) is 7.11 Å². The summed E-state index contributed by atoms with van der Waals surface area (Å²) in [6.45, 7) is 2.29. The van der Waals surface area contributed by atoms with Crippen molar-refractivity contribution < 1.29 is 9.53 Å². The zero-order chi connectivity index (χ0) is 22.1. The van der Waals surface area contributed by atoms with Crippen molar-refractivity contribution in [2.45, 2.75) is 20.0 Å². The molecule has 0 N–H and O–H groups in total. The summed E-state index contributed by atoms with van der Waals surface area (Å²) >= 11 is 6.12. The van der Waals surface area contributed by atoms with Gasteiger partial charge in [0.25, 0.3) is 5.56 Å². The number of nitrogens with zero attached hydrogens (tertiary/aromatic N) is 4. The number of methoxy groups -OCH3 is 1. The van der Waals surface area contributed by atoms with Gasteiger partial charge >= 0.3 is 11.7 Å². The van der Waals surface area contributed by atoms with E-state index in [9.17, 15) is 14.4 Å². The van der Waals surface area contributed by atoms with Crippen LogP contribution in [0.25, 0.3) is 16.9 Å². The molecule has 31 heavy (non-hydrogen) atoms. The quantitative estimate of drug-likeness (QED) is 0.447. The Hall–Kier alpha value is -3.65. The molecular formula is C22H19ClN4O4. The van der Waals surface area contributed by atoms with E-state index >= 15 is 0 Å². The van der Waals surface area contributed by atoms with Crippen LogP contribution < -0.4 is 11.2 Å². The molecule has 0 aliphatic heterocycles. The molecule has 0 unspecified atom stereocenters. The maximum absolute atomic E-state index is 13.1. The molecule has 0 atom stereocenters. The lowest BCUT2D eigenvalue weighted by molar-refractivity contribution is 0.0600. The Morgan fingerprint density at radius 1 is 1.13 bits per heavy atom. The summed E-state index contributed by atoms with van der Waals surface area (Å²) in [5.41, 5.74) is 1.49.